The van der Waals surface area contributed by atoms with Gasteiger partial charge >= 0.3 is 0 Å². The van der Waals surface area contributed by atoms with E-state index in [-0.39, 0.29) is 0 Å². The van der Waals surface area contributed by atoms with Crippen molar-refractivity contribution in [3.63, 3.8) is 0 Å². The van der Waals surface area contributed by atoms with Crippen LogP contribution in [0.15, 0.2) is 243 Å². The van der Waals surface area contributed by atoms with Gasteiger partial charge in [0.2, 0.25) is 0 Å². The Morgan fingerprint density at radius 2 is 0.841 bits per heavy atom. The van der Waals surface area contributed by atoms with E-state index in [0.29, 0.717) is 0 Å². The Morgan fingerprint density at radius 3 is 1.49 bits per heavy atom. The Bertz CT molecular complexity index is 3460. The number of anilines is 3. The van der Waals surface area contributed by atoms with Gasteiger partial charge in [-0.1, -0.05) is 194 Å². The lowest BCUT2D eigenvalue weighted by molar-refractivity contribution is 0.748. The fourth-order valence-corrected chi connectivity index (χ4v) is 11.0. The molecule has 0 unspecified atom stereocenters. The normalized spacial score (nSPS) is 12.9. The molecular weight excluding hydrogens is 761 g/mol. The molecule has 2 nitrogen and oxygen atoms in total. The molecule has 63 heavy (non-hydrogen) atoms. The van der Waals surface area contributed by atoms with Gasteiger partial charge in [-0.05, 0) is 110 Å². The first-order valence-corrected chi connectivity index (χ1v) is 21.8. The molecule has 10 aromatic carbocycles. The molecule has 1 aliphatic carbocycles. The van der Waals surface area contributed by atoms with Crippen LogP contribution in [0.2, 0.25) is 0 Å². The van der Waals surface area contributed by atoms with Crippen LogP contribution >= 0.6 is 0 Å². The summed E-state index contributed by atoms with van der Waals surface area (Å²) in [6, 6.07) is 89.6. The SMILES string of the molecule is c1ccc(-c2cc(-c3ccccc3)cc(N(c3ccc4c(c3)c3cccc5c3n4-c3ccccc3C53c4ccccc4-c4ccccc43)c3ccccc3-c3ccccc3)c2)cc1. The van der Waals surface area contributed by atoms with Crippen LogP contribution < -0.4 is 4.90 Å². The number of hydrogen-bond acceptors (Lipinski definition) is 1. The molecule has 0 saturated heterocycles. The van der Waals surface area contributed by atoms with Gasteiger partial charge in [-0.15, -0.1) is 0 Å². The second kappa shape index (κ2) is 13.9. The van der Waals surface area contributed by atoms with Crippen molar-refractivity contribution in [3.05, 3.63) is 265 Å². The molecule has 2 heteroatoms. The summed E-state index contributed by atoms with van der Waals surface area (Å²) in [6.07, 6.45) is 0. The van der Waals surface area contributed by atoms with E-state index < -0.39 is 5.41 Å². The van der Waals surface area contributed by atoms with Crippen LogP contribution in [0.25, 0.3) is 72.0 Å². The number of rotatable bonds is 6. The Balaban J connectivity index is 1.11. The molecule has 13 rings (SSSR count). The third-order valence-corrected chi connectivity index (χ3v) is 13.6. The number of para-hydroxylation sites is 3. The Morgan fingerprint density at radius 1 is 0.317 bits per heavy atom. The monoisotopic (exact) mass is 800 g/mol. The van der Waals surface area contributed by atoms with Crippen molar-refractivity contribution in [2.75, 3.05) is 4.90 Å². The van der Waals surface area contributed by atoms with Crippen molar-refractivity contribution in [1.82, 2.24) is 4.57 Å². The van der Waals surface area contributed by atoms with Crippen LogP contribution in [0.5, 0.6) is 0 Å². The van der Waals surface area contributed by atoms with E-state index in [9.17, 15) is 0 Å². The van der Waals surface area contributed by atoms with Gasteiger partial charge in [-0.2, -0.15) is 0 Å². The molecule has 2 heterocycles. The predicted molar refractivity (Wildman–Crippen MR) is 263 cm³/mol. The van der Waals surface area contributed by atoms with E-state index in [1.54, 1.807) is 0 Å². The zero-order chi connectivity index (χ0) is 41.5. The molecule has 1 aliphatic heterocycles. The third kappa shape index (κ3) is 5.19. The highest BCUT2D eigenvalue weighted by molar-refractivity contribution is 6.14. The molecule has 0 fully saturated rings. The molecule has 0 radical (unpaired) electrons. The smallest absolute Gasteiger partial charge is 0.0754 e. The topological polar surface area (TPSA) is 8.17 Å². The Kier molecular flexibility index (Phi) is 7.85. The van der Waals surface area contributed by atoms with Gasteiger partial charge in [0.1, 0.15) is 0 Å². The van der Waals surface area contributed by atoms with Crippen molar-refractivity contribution in [2.24, 2.45) is 0 Å². The molecular formula is C61H40N2. The summed E-state index contributed by atoms with van der Waals surface area (Å²) in [5.74, 6) is 0. The first-order valence-electron chi connectivity index (χ1n) is 21.8. The third-order valence-electron chi connectivity index (χ3n) is 13.6. The minimum atomic E-state index is -0.455. The van der Waals surface area contributed by atoms with Gasteiger partial charge in [0.25, 0.3) is 0 Å². The summed E-state index contributed by atoms with van der Waals surface area (Å²) in [5, 5.41) is 2.47. The van der Waals surface area contributed by atoms with Crippen LogP contribution in [0.1, 0.15) is 22.3 Å². The lowest BCUT2D eigenvalue weighted by Crippen LogP contribution is -2.33. The highest BCUT2D eigenvalue weighted by Crippen LogP contribution is 2.61. The Hall–Kier alpha value is -8.20. The fraction of sp³-hybridized carbons (Fsp3) is 0.0164. The molecule has 0 N–H and O–H groups in total. The average Bonchev–Trinajstić information content (AvgIpc) is 3.85. The number of benzene rings is 10. The number of aromatic nitrogens is 1. The quantitative estimate of drug-likeness (QED) is 0.163. The lowest BCUT2D eigenvalue weighted by atomic mass is 9.65. The maximum Gasteiger partial charge on any atom is 0.0754 e. The molecule has 0 amide bonds. The van der Waals surface area contributed by atoms with Crippen molar-refractivity contribution < 1.29 is 0 Å². The van der Waals surface area contributed by atoms with Gasteiger partial charge in [0, 0.05) is 27.7 Å². The highest BCUT2D eigenvalue weighted by atomic mass is 15.1. The molecule has 0 atom stereocenters. The number of nitrogens with zero attached hydrogens (tertiary/aromatic N) is 2. The minimum Gasteiger partial charge on any atom is -0.310 e. The zero-order valence-corrected chi connectivity index (χ0v) is 34.5. The van der Waals surface area contributed by atoms with E-state index in [1.807, 2.05) is 0 Å². The summed E-state index contributed by atoms with van der Waals surface area (Å²) in [4.78, 5) is 2.48. The largest absolute Gasteiger partial charge is 0.310 e. The van der Waals surface area contributed by atoms with E-state index in [0.717, 1.165) is 17.1 Å². The maximum atomic E-state index is 2.54. The maximum absolute atomic E-state index is 2.54. The molecule has 1 spiro atoms. The van der Waals surface area contributed by atoms with Gasteiger partial charge in [0.05, 0.1) is 27.8 Å². The van der Waals surface area contributed by atoms with Crippen molar-refractivity contribution in [1.29, 1.82) is 0 Å². The second-order valence-corrected chi connectivity index (χ2v) is 16.8. The van der Waals surface area contributed by atoms with E-state index in [2.05, 4.69) is 252 Å². The highest BCUT2D eigenvalue weighted by Gasteiger charge is 2.50. The van der Waals surface area contributed by atoms with E-state index in [1.165, 1.54) is 94.3 Å². The average molecular weight is 801 g/mol. The molecule has 0 bridgehead atoms. The second-order valence-electron chi connectivity index (χ2n) is 16.8. The first kappa shape index (κ1) is 35.5. The zero-order valence-electron chi connectivity index (χ0n) is 34.5. The minimum absolute atomic E-state index is 0.455. The van der Waals surface area contributed by atoms with Crippen LogP contribution in [0, 0.1) is 0 Å². The summed E-state index contributed by atoms with van der Waals surface area (Å²) in [5.41, 5.74) is 21.5. The lowest BCUT2D eigenvalue weighted by Gasteiger charge is -2.39. The van der Waals surface area contributed by atoms with Crippen molar-refractivity contribution >= 4 is 38.9 Å². The Labute approximate surface area is 367 Å². The van der Waals surface area contributed by atoms with E-state index in [4.69, 9.17) is 0 Å². The van der Waals surface area contributed by atoms with Crippen LogP contribution in [-0.4, -0.2) is 4.57 Å². The summed E-state index contributed by atoms with van der Waals surface area (Å²) in [6.45, 7) is 0. The first-order chi connectivity index (χ1) is 31.3. The van der Waals surface area contributed by atoms with Gasteiger partial charge < -0.3 is 9.47 Å². The number of hydrogen-bond donors (Lipinski definition) is 0. The van der Waals surface area contributed by atoms with Gasteiger partial charge in [-0.25, -0.2) is 0 Å². The van der Waals surface area contributed by atoms with Gasteiger partial charge in [-0.3, -0.25) is 0 Å². The van der Waals surface area contributed by atoms with Crippen LogP contribution in [-0.2, 0) is 5.41 Å². The van der Waals surface area contributed by atoms with Crippen LogP contribution in [0.4, 0.5) is 17.1 Å². The molecule has 0 saturated carbocycles. The fourth-order valence-electron chi connectivity index (χ4n) is 11.0. The van der Waals surface area contributed by atoms with Crippen LogP contribution in [0.3, 0.4) is 0 Å². The van der Waals surface area contributed by atoms with Crippen molar-refractivity contribution in [2.45, 2.75) is 5.41 Å². The molecule has 1 aromatic heterocycles. The van der Waals surface area contributed by atoms with Gasteiger partial charge in [0.15, 0.2) is 0 Å². The molecule has 294 valence electrons. The van der Waals surface area contributed by atoms with Crippen molar-refractivity contribution in [3.8, 4) is 50.2 Å². The molecule has 2 aliphatic rings. The standard InChI is InChI=1S/C61H40N2/c1-4-19-41(20-5-1)44-37-45(42-21-6-2-7-22-42)39-47(38-44)62(57-33-16-12-25-48(57)43-23-8-3-9-24-43)46-35-36-58-52(40-46)51-28-18-32-56-60(51)63(58)59-34-17-15-31-55(59)61(56)53-29-13-10-26-49(53)50-27-11-14-30-54(50)61/h1-40H. The summed E-state index contributed by atoms with van der Waals surface area (Å²) < 4.78 is 2.54. The number of fused-ring (bicyclic) bond motifs is 12. The summed E-state index contributed by atoms with van der Waals surface area (Å²) in [7, 11) is 0. The predicted octanol–water partition coefficient (Wildman–Crippen LogP) is 15.9. The van der Waals surface area contributed by atoms with E-state index >= 15 is 0 Å². The molecule has 11 aromatic rings. The summed E-state index contributed by atoms with van der Waals surface area (Å²) >= 11 is 0.